The SMILES string of the molecule is Br.Br.Br.COCCOCCN(CCOCCOC)CCOCCOC.COCCOCCN(CCOCCOC)CCOCCOC.COCCOCCN(CCOCCOC)CCOCCOC. The third-order valence-electron chi connectivity index (χ3n) is 8.85. The maximum absolute atomic E-state index is 5.51. The molecule has 0 heterocycles. The minimum absolute atomic E-state index is 0. The summed E-state index contributed by atoms with van der Waals surface area (Å²) in [5.74, 6) is 0. The molecule has 0 aliphatic carbocycles. The van der Waals surface area contributed by atoms with Crippen LogP contribution in [0.4, 0.5) is 0 Å². The third-order valence-corrected chi connectivity index (χ3v) is 8.85. The minimum atomic E-state index is 0. The molecule has 0 radical (unpaired) electrons. The van der Waals surface area contributed by atoms with Crippen LogP contribution in [0.1, 0.15) is 0 Å². The van der Waals surface area contributed by atoms with Crippen molar-refractivity contribution in [2.75, 3.05) is 301 Å². The second kappa shape index (κ2) is 77.5. The summed E-state index contributed by atoms with van der Waals surface area (Å²) in [5, 5.41) is 0. The number of methoxy groups -OCH3 is 9. The second-order valence-electron chi connectivity index (χ2n) is 14.0. The van der Waals surface area contributed by atoms with Crippen molar-refractivity contribution in [3.05, 3.63) is 0 Å². The first-order valence-corrected chi connectivity index (χ1v) is 23.3. The van der Waals surface area contributed by atoms with Gasteiger partial charge in [0.1, 0.15) is 0 Å². The van der Waals surface area contributed by atoms with Gasteiger partial charge in [-0.05, 0) is 0 Å². The van der Waals surface area contributed by atoms with Crippen molar-refractivity contribution < 1.29 is 85.3 Å². The number of rotatable bonds is 54. The van der Waals surface area contributed by atoms with Gasteiger partial charge in [-0.15, -0.1) is 50.9 Å². The lowest BCUT2D eigenvalue weighted by molar-refractivity contribution is 0.0223. The van der Waals surface area contributed by atoms with Crippen molar-refractivity contribution >= 4 is 50.9 Å². The lowest BCUT2D eigenvalue weighted by Gasteiger charge is -2.22. The van der Waals surface area contributed by atoms with E-state index in [0.29, 0.717) is 178 Å². The van der Waals surface area contributed by atoms with Crippen LogP contribution in [-0.4, -0.2) is 316 Å². The molecule has 0 atom stereocenters. The summed E-state index contributed by atoms with van der Waals surface area (Å²) >= 11 is 0. The van der Waals surface area contributed by atoms with E-state index in [2.05, 4.69) is 14.7 Å². The molecule has 0 saturated heterocycles. The van der Waals surface area contributed by atoms with Crippen molar-refractivity contribution in [2.24, 2.45) is 0 Å². The number of halogens is 3. The maximum Gasteiger partial charge on any atom is 0.0700 e. The van der Waals surface area contributed by atoms with Crippen LogP contribution in [0.2, 0.25) is 0 Å². The van der Waals surface area contributed by atoms with Crippen LogP contribution in [-0.2, 0) is 85.3 Å². The van der Waals surface area contributed by atoms with E-state index in [-0.39, 0.29) is 50.9 Å². The highest BCUT2D eigenvalue weighted by atomic mass is 79.9. The lowest BCUT2D eigenvalue weighted by Crippen LogP contribution is -2.34. The first-order valence-electron chi connectivity index (χ1n) is 23.3. The van der Waals surface area contributed by atoms with E-state index in [1.54, 1.807) is 64.0 Å². The largest absolute Gasteiger partial charge is 0.382 e. The zero-order valence-corrected chi connectivity index (χ0v) is 49.5. The van der Waals surface area contributed by atoms with E-state index < -0.39 is 0 Å². The summed E-state index contributed by atoms with van der Waals surface area (Å²) in [4.78, 5) is 6.81. The van der Waals surface area contributed by atoms with Crippen LogP contribution in [0.15, 0.2) is 0 Å². The molecule has 0 aromatic heterocycles. The number of ether oxygens (including phenoxy) is 18. The Balaban J connectivity index is -0.000000211. The highest BCUT2D eigenvalue weighted by Gasteiger charge is 2.08. The molecule has 24 heteroatoms. The predicted molar refractivity (Wildman–Crippen MR) is 285 cm³/mol. The Kier molecular flexibility index (Phi) is 90.9. The van der Waals surface area contributed by atoms with Crippen LogP contribution in [0, 0.1) is 0 Å². The third kappa shape index (κ3) is 75.2. The zero-order chi connectivity index (χ0) is 48.9. The summed E-state index contributed by atoms with van der Waals surface area (Å²) in [5.41, 5.74) is 0. The molecule has 0 aliphatic rings. The van der Waals surface area contributed by atoms with E-state index in [4.69, 9.17) is 85.3 Å². The van der Waals surface area contributed by atoms with Gasteiger partial charge in [-0.3, -0.25) is 14.7 Å². The molecule has 0 aliphatic heterocycles. The molecule has 0 N–H and O–H groups in total. The summed E-state index contributed by atoms with van der Waals surface area (Å²) in [7, 11) is 15.0. The van der Waals surface area contributed by atoms with Gasteiger partial charge in [-0.2, -0.15) is 0 Å². The van der Waals surface area contributed by atoms with Crippen LogP contribution < -0.4 is 0 Å². The van der Waals surface area contributed by atoms with Crippen LogP contribution in [0.3, 0.4) is 0 Å². The van der Waals surface area contributed by atoms with Gasteiger partial charge in [0.05, 0.1) is 178 Å². The molecule has 21 nitrogen and oxygen atoms in total. The van der Waals surface area contributed by atoms with Gasteiger partial charge in [0.15, 0.2) is 0 Å². The van der Waals surface area contributed by atoms with Crippen LogP contribution in [0.25, 0.3) is 0 Å². The number of nitrogens with zero attached hydrogens (tertiary/aromatic N) is 3. The molecular formula is C45H102Br3N3O18. The van der Waals surface area contributed by atoms with Crippen LogP contribution >= 0.6 is 50.9 Å². The van der Waals surface area contributed by atoms with E-state index in [1.807, 2.05) is 0 Å². The number of hydrogen-bond donors (Lipinski definition) is 0. The zero-order valence-electron chi connectivity index (χ0n) is 44.4. The fraction of sp³-hybridized carbons (Fsp3) is 1.00. The Morgan fingerprint density at radius 2 is 0.261 bits per heavy atom. The molecular weight excluding hydrogens is 1110 g/mol. The summed E-state index contributed by atoms with van der Waals surface area (Å²) in [6, 6.07) is 0. The molecule has 0 aromatic carbocycles. The molecule has 426 valence electrons. The summed E-state index contributed by atoms with van der Waals surface area (Å²) in [6.45, 7) is 25.0. The predicted octanol–water partition coefficient (Wildman–Crippen LogP) is 2.57. The first-order chi connectivity index (χ1) is 32.5. The molecule has 69 heavy (non-hydrogen) atoms. The average molecular weight is 1210 g/mol. The van der Waals surface area contributed by atoms with Gasteiger partial charge < -0.3 is 85.3 Å². The van der Waals surface area contributed by atoms with Crippen molar-refractivity contribution in [1.82, 2.24) is 14.7 Å². The molecule has 0 amide bonds. The summed E-state index contributed by atoms with van der Waals surface area (Å²) < 4.78 is 94.1. The topological polar surface area (TPSA) is 176 Å². The molecule has 0 aromatic rings. The van der Waals surface area contributed by atoms with Gasteiger partial charge in [0.2, 0.25) is 0 Å². The molecule has 0 bridgehead atoms. The number of hydrogen-bond acceptors (Lipinski definition) is 21. The molecule has 0 fully saturated rings. The smallest absolute Gasteiger partial charge is 0.0700 e. The van der Waals surface area contributed by atoms with Gasteiger partial charge in [-0.1, -0.05) is 0 Å². The fourth-order valence-electron chi connectivity index (χ4n) is 4.95. The lowest BCUT2D eigenvalue weighted by atomic mass is 10.4. The van der Waals surface area contributed by atoms with Gasteiger partial charge in [0, 0.05) is 123 Å². The summed E-state index contributed by atoms with van der Waals surface area (Å²) in [6.07, 6.45) is 0. The highest BCUT2D eigenvalue weighted by molar-refractivity contribution is 8.93. The Bertz CT molecular complexity index is 643. The van der Waals surface area contributed by atoms with Gasteiger partial charge in [0.25, 0.3) is 0 Å². The highest BCUT2D eigenvalue weighted by Crippen LogP contribution is 1.95. The van der Waals surface area contributed by atoms with E-state index in [9.17, 15) is 0 Å². The molecule has 0 rings (SSSR count). The van der Waals surface area contributed by atoms with Crippen molar-refractivity contribution in [1.29, 1.82) is 0 Å². The monoisotopic (exact) mass is 1210 g/mol. The standard InChI is InChI=1S/3C15H33NO6.3BrH/c3*1-17-10-13-20-7-4-16(5-8-21-14-11-18-2)6-9-22-15-12-19-3;;;/h3*4-15H2,1-3H3;3*1H. The Labute approximate surface area is 450 Å². The second-order valence-corrected chi connectivity index (χ2v) is 14.0. The average Bonchev–Trinajstić information content (AvgIpc) is 3.33. The van der Waals surface area contributed by atoms with E-state index in [1.165, 1.54) is 0 Å². The Morgan fingerprint density at radius 3 is 0.348 bits per heavy atom. The molecule has 0 unspecified atom stereocenters. The maximum atomic E-state index is 5.51. The van der Waals surface area contributed by atoms with Gasteiger partial charge >= 0.3 is 0 Å². The fourth-order valence-corrected chi connectivity index (χ4v) is 4.95. The minimum Gasteiger partial charge on any atom is -0.382 e. The Morgan fingerprint density at radius 1 is 0.159 bits per heavy atom. The Hall–Kier alpha value is 0.600. The molecule has 0 saturated carbocycles. The van der Waals surface area contributed by atoms with Crippen LogP contribution in [0.5, 0.6) is 0 Å². The first kappa shape index (κ1) is 81.0. The quantitative estimate of drug-likeness (QED) is 0.0812. The van der Waals surface area contributed by atoms with Crippen molar-refractivity contribution in [3.63, 3.8) is 0 Å². The molecule has 0 spiro atoms. The van der Waals surface area contributed by atoms with E-state index >= 15 is 0 Å². The van der Waals surface area contributed by atoms with Crippen molar-refractivity contribution in [2.45, 2.75) is 0 Å². The van der Waals surface area contributed by atoms with Gasteiger partial charge in [-0.25, -0.2) is 0 Å². The van der Waals surface area contributed by atoms with E-state index in [0.717, 1.165) is 58.9 Å². The normalized spacial score (nSPS) is 11.0. The van der Waals surface area contributed by atoms with Crippen molar-refractivity contribution in [3.8, 4) is 0 Å².